The Morgan fingerprint density at radius 3 is 2.74 bits per heavy atom. The molecule has 0 aromatic heterocycles. The zero-order valence-corrected chi connectivity index (χ0v) is 11.4. The molecule has 3 N–H and O–H groups in total. The maximum atomic E-state index is 12.2. The molecule has 0 bridgehead atoms. The van der Waals surface area contributed by atoms with Gasteiger partial charge in [-0.25, -0.2) is 8.78 Å². The average molecular weight is 292 g/mol. The number of carbonyl (C=O) groups excluding carboxylic acids is 1. The number of halogens is 3. The van der Waals surface area contributed by atoms with E-state index in [1.807, 2.05) is 0 Å². The Hall–Kier alpha value is -1.40. The van der Waals surface area contributed by atoms with Gasteiger partial charge in [-0.3, -0.25) is 9.69 Å². The summed E-state index contributed by atoms with van der Waals surface area (Å²) in [6, 6.07) is 3.96. The maximum absolute atomic E-state index is 12.2. The Bertz CT molecular complexity index is 457. The molecule has 7 heteroatoms. The van der Waals surface area contributed by atoms with Crippen LogP contribution in [0.5, 0.6) is 0 Å². The molecule has 1 unspecified atom stereocenters. The zero-order valence-electron chi connectivity index (χ0n) is 10.7. The van der Waals surface area contributed by atoms with E-state index in [1.165, 1.54) is 18.0 Å². The van der Waals surface area contributed by atoms with E-state index in [0.29, 0.717) is 16.4 Å². The van der Waals surface area contributed by atoms with Crippen LogP contribution in [-0.2, 0) is 4.79 Å². The number of rotatable bonds is 5. The predicted octanol–water partition coefficient (Wildman–Crippen LogP) is 2.45. The van der Waals surface area contributed by atoms with Crippen LogP contribution in [0.1, 0.15) is 6.92 Å². The van der Waals surface area contributed by atoms with Crippen molar-refractivity contribution in [1.82, 2.24) is 4.90 Å². The smallest absolute Gasteiger partial charge is 0.251 e. The van der Waals surface area contributed by atoms with E-state index in [0.717, 1.165) is 0 Å². The Morgan fingerprint density at radius 1 is 1.53 bits per heavy atom. The van der Waals surface area contributed by atoms with Gasteiger partial charge in [0.15, 0.2) is 0 Å². The lowest BCUT2D eigenvalue weighted by Crippen LogP contribution is -2.41. The fourth-order valence-electron chi connectivity index (χ4n) is 1.45. The number of nitrogens with zero attached hydrogens (tertiary/aromatic N) is 1. The van der Waals surface area contributed by atoms with Crippen molar-refractivity contribution in [2.45, 2.75) is 19.4 Å². The van der Waals surface area contributed by atoms with E-state index in [4.69, 9.17) is 17.3 Å². The van der Waals surface area contributed by atoms with E-state index in [2.05, 4.69) is 5.32 Å². The molecule has 0 saturated carbocycles. The Balaban J connectivity index is 2.71. The second-order valence-electron chi connectivity index (χ2n) is 4.23. The van der Waals surface area contributed by atoms with Crippen molar-refractivity contribution in [1.29, 1.82) is 0 Å². The maximum Gasteiger partial charge on any atom is 0.251 e. The minimum Gasteiger partial charge on any atom is -0.397 e. The Kier molecular flexibility index (Phi) is 5.50. The van der Waals surface area contributed by atoms with Gasteiger partial charge in [-0.2, -0.15) is 0 Å². The number of nitrogens with one attached hydrogen (secondary N) is 1. The summed E-state index contributed by atoms with van der Waals surface area (Å²) in [6.07, 6.45) is -2.49. The van der Waals surface area contributed by atoms with Crippen molar-refractivity contribution >= 4 is 28.9 Å². The number of hydrogen-bond acceptors (Lipinski definition) is 3. The number of likely N-dealkylation sites (N-methyl/N-ethyl adjacent to an activating group) is 1. The second-order valence-corrected chi connectivity index (χ2v) is 4.66. The third-order valence-corrected chi connectivity index (χ3v) is 2.97. The number of nitrogens with two attached hydrogens (primary N) is 1. The molecule has 0 aliphatic heterocycles. The molecule has 4 nitrogen and oxygen atoms in total. The molecule has 0 fully saturated rings. The number of hydrogen-bond donors (Lipinski definition) is 2. The summed E-state index contributed by atoms with van der Waals surface area (Å²) >= 11 is 5.79. The SMILES string of the molecule is CC(C(=O)Nc1cc(Cl)ccc1N)N(C)CC(F)F. The molecule has 1 rings (SSSR count). The van der Waals surface area contributed by atoms with Crippen LogP contribution < -0.4 is 11.1 Å². The van der Waals surface area contributed by atoms with Gasteiger partial charge in [-0.15, -0.1) is 0 Å². The number of benzene rings is 1. The van der Waals surface area contributed by atoms with Gasteiger partial charge in [-0.05, 0) is 32.2 Å². The van der Waals surface area contributed by atoms with Crippen LogP contribution in [-0.4, -0.2) is 36.9 Å². The third-order valence-electron chi connectivity index (χ3n) is 2.74. The first kappa shape index (κ1) is 15.7. The van der Waals surface area contributed by atoms with Crippen molar-refractivity contribution in [3.05, 3.63) is 23.2 Å². The summed E-state index contributed by atoms with van der Waals surface area (Å²) in [6.45, 7) is 1.07. The summed E-state index contributed by atoms with van der Waals surface area (Å²) in [5.74, 6) is -0.419. The van der Waals surface area contributed by atoms with Gasteiger partial charge < -0.3 is 11.1 Å². The lowest BCUT2D eigenvalue weighted by atomic mass is 10.2. The lowest BCUT2D eigenvalue weighted by molar-refractivity contribution is -0.120. The summed E-state index contributed by atoms with van der Waals surface area (Å²) in [5, 5.41) is 3.00. The largest absolute Gasteiger partial charge is 0.397 e. The highest BCUT2D eigenvalue weighted by atomic mass is 35.5. The first-order valence-corrected chi connectivity index (χ1v) is 6.03. The van der Waals surface area contributed by atoms with Gasteiger partial charge in [0, 0.05) is 5.02 Å². The molecule has 106 valence electrons. The minimum absolute atomic E-state index is 0.362. The quantitative estimate of drug-likeness (QED) is 0.819. The van der Waals surface area contributed by atoms with Crippen LogP contribution in [0.25, 0.3) is 0 Å². The molecule has 1 aromatic carbocycles. The van der Waals surface area contributed by atoms with Crippen LogP contribution >= 0.6 is 11.6 Å². The monoisotopic (exact) mass is 291 g/mol. The van der Waals surface area contributed by atoms with E-state index in [9.17, 15) is 13.6 Å². The molecular weight excluding hydrogens is 276 g/mol. The predicted molar refractivity (Wildman–Crippen MR) is 72.6 cm³/mol. The standard InChI is InChI=1S/C12H16ClF2N3O/c1-7(18(2)6-11(14)15)12(19)17-10-5-8(13)3-4-9(10)16/h3-5,7,11H,6,16H2,1-2H3,(H,17,19). The van der Waals surface area contributed by atoms with Gasteiger partial charge in [0.2, 0.25) is 5.91 Å². The van der Waals surface area contributed by atoms with Crippen molar-refractivity contribution < 1.29 is 13.6 Å². The van der Waals surface area contributed by atoms with Crippen LogP contribution in [0.2, 0.25) is 5.02 Å². The fourth-order valence-corrected chi connectivity index (χ4v) is 1.62. The molecule has 0 aliphatic carbocycles. The highest BCUT2D eigenvalue weighted by molar-refractivity contribution is 6.31. The normalized spacial score (nSPS) is 12.8. The number of nitrogen functional groups attached to an aromatic ring is 1. The first-order valence-electron chi connectivity index (χ1n) is 5.65. The minimum atomic E-state index is -2.49. The second kappa shape index (κ2) is 6.68. The molecule has 0 radical (unpaired) electrons. The van der Waals surface area contributed by atoms with E-state index in [-0.39, 0.29) is 0 Å². The molecular formula is C12H16ClF2N3O. The Labute approximate surface area is 115 Å². The van der Waals surface area contributed by atoms with Gasteiger partial charge in [0.05, 0.1) is 24.0 Å². The third kappa shape index (κ3) is 4.65. The number of amides is 1. The van der Waals surface area contributed by atoms with Gasteiger partial charge in [-0.1, -0.05) is 11.6 Å². The van der Waals surface area contributed by atoms with Crippen molar-refractivity contribution in [3.8, 4) is 0 Å². The molecule has 0 aliphatic rings. The summed E-state index contributed by atoms with van der Waals surface area (Å²) in [5.41, 5.74) is 6.42. The highest BCUT2D eigenvalue weighted by Gasteiger charge is 2.21. The number of anilines is 2. The molecule has 1 aromatic rings. The van der Waals surface area contributed by atoms with Crippen LogP contribution in [0.4, 0.5) is 20.2 Å². The van der Waals surface area contributed by atoms with Crippen molar-refractivity contribution in [2.24, 2.45) is 0 Å². The van der Waals surface area contributed by atoms with Gasteiger partial charge >= 0.3 is 0 Å². The molecule has 1 amide bonds. The van der Waals surface area contributed by atoms with E-state index >= 15 is 0 Å². The molecule has 0 spiro atoms. The summed E-state index contributed by atoms with van der Waals surface area (Å²) in [7, 11) is 1.46. The number of carbonyl (C=O) groups is 1. The molecule has 0 heterocycles. The first-order chi connectivity index (χ1) is 8.81. The average Bonchev–Trinajstić information content (AvgIpc) is 2.31. The van der Waals surface area contributed by atoms with E-state index in [1.54, 1.807) is 19.1 Å². The summed E-state index contributed by atoms with van der Waals surface area (Å²) in [4.78, 5) is 13.2. The molecule has 0 saturated heterocycles. The number of alkyl halides is 2. The van der Waals surface area contributed by atoms with E-state index < -0.39 is 24.9 Å². The Morgan fingerprint density at radius 2 is 2.16 bits per heavy atom. The summed E-state index contributed by atoms with van der Waals surface area (Å²) < 4.78 is 24.5. The van der Waals surface area contributed by atoms with Crippen LogP contribution in [0.3, 0.4) is 0 Å². The van der Waals surface area contributed by atoms with Gasteiger partial charge in [0.1, 0.15) is 0 Å². The topological polar surface area (TPSA) is 58.4 Å². The zero-order chi connectivity index (χ0) is 14.6. The lowest BCUT2D eigenvalue weighted by Gasteiger charge is -2.23. The van der Waals surface area contributed by atoms with Crippen molar-refractivity contribution in [2.75, 3.05) is 24.6 Å². The highest BCUT2D eigenvalue weighted by Crippen LogP contribution is 2.23. The molecule has 1 atom stereocenters. The van der Waals surface area contributed by atoms with Crippen LogP contribution in [0.15, 0.2) is 18.2 Å². The van der Waals surface area contributed by atoms with Gasteiger partial charge in [0.25, 0.3) is 6.43 Å². The molecule has 19 heavy (non-hydrogen) atoms. The fraction of sp³-hybridized carbons (Fsp3) is 0.417. The van der Waals surface area contributed by atoms with Crippen LogP contribution in [0, 0.1) is 0 Å². The van der Waals surface area contributed by atoms with Crippen molar-refractivity contribution in [3.63, 3.8) is 0 Å².